The average Bonchev–Trinajstić information content (AvgIpc) is 1.85. The summed E-state index contributed by atoms with van der Waals surface area (Å²) < 4.78 is 0. The maximum Gasteiger partial charge on any atom is 0.00441 e. The van der Waals surface area contributed by atoms with Crippen LogP contribution >= 0.6 is 0 Å². The van der Waals surface area contributed by atoms with E-state index in [1.54, 1.807) is 0 Å². The fourth-order valence-corrected chi connectivity index (χ4v) is 2.78. The summed E-state index contributed by atoms with van der Waals surface area (Å²) >= 11 is 0. The lowest BCUT2D eigenvalue weighted by molar-refractivity contribution is 0.171. The number of hydrogen-bond donors (Lipinski definition) is 1. The largest absolute Gasteiger partial charge is 0.328 e. The summed E-state index contributed by atoms with van der Waals surface area (Å²) in [6, 6.07) is 0.545. The van der Waals surface area contributed by atoms with Gasteiger partial charge in [-0.2, -0.15) is 0 Å². The first-order chi connectivity index (χ1) is 4.84. The van der Waals surface area contributed by atoms with E-state index in [0.29, 0.717) is 6.04 Å². The van der Waals surface area contributed by atoms with Crippen molar-refractivity contribution in [3.63, 3.8) is 0 Å². The molecule has 0 spiro atoms. The van der Waals surface area contributed by atoms with Crippen LogP contribution in [0, 0.1) is 11.8 Å². The molecule has 10 heavy (non-hydrogen) atoms. The van der Waals surface area contributed by atoms with Crippen LogP contribution in [0.3, 0.4) is 0 Å². The summed E-state index contributed by atoms with van der Waals surface area (Å²) in [5.74, 6) is 2.00. The Kier molecular flexibility index (Phi) is 1.69. The molecule has 0 aromatic carbocycles. The van der Waals surface area contributed by atoms with Gasteiger partial charge in [0.2, 0.25) is 0 Å². The molecule has 2 aliphatic rings. The highest BCUT2D eigenvalue weighted by Gasteiger charge is 2.29. The molecule has 0 saturated heterocycles. The van der Waals surface area contributed by atoms with E-state index in [1.165, 1.54) is 38.5 Å². The molecule has 0 aliphatic heterocycles. The second-order valence-electron chi connectivity index (χ2n) is 4.13. The Balaban J connectivity index is 1.98. The van der Waals surface area contributed by atoms with Crippen LogP contribution in [-0.4, -0.2) is 6.04 Å². The van der Waals surface area contributed by atoms with Gasteiger partial charge in [-0.15, -0.1) is 0 Å². The van der Waals surface area contributed by atoms with Gasteiger partial charge in [0.25, 0.3) is 0 Å². The third kappa shape index (κ3) is 1.20. The topological polar surface area (TPSA) is 26.0 Å². The Bertz CT molecular complexity index is 106. The van der Waals surface area contributed by atoms with E-state index < -0.39 is 0 Å². The van der Waals surface area contributed by atoms with E-state index in [1.807, 2.05) is 0 Å². The number of rotatable bonds is 0. The second-order valence-corrected chi connectivity index (χ2v) is 4.13. The van der Waals surface area contributed by atoms with Crippen LogP contribution < -0.4 is 5.73 Å². The molecule has 0 aromatic rings. The summed E-state index contributed by atoms with van der Waals surface area (Å²) in [6.07, 6.45) is 8.52. The van der Waals surface area contributed by atoms with Gasteiger partial charge in [0.15, 0.2) is 0 Å². The van der Waals surface area contributed by atoms with Crippen molar-refractivity contribution >= 4 is 0 Å². The van der Waals surface area contributed by atoms with Crippen molar-refractivity contribution in [2.45, 2.75) is 44.6 Å². The molecular weight excluding hydrogens is 122 g/mol. The van der Waals surface area contributed by atoms with Crippen LogP contribution in [0.15, 0.2) is 0 Å². The lowest BCUT2D eigenvalue weighted by atomic mass is 9.71. The SMILES string of the molecule is NC1CC2CCCC(C1)C2. The van der Waals surface area contributed by atoms with Crippen LogP contribution in [-0.2, 0) is 0 Å². The highest BCUT2D eigenvalue weighted by Crippen LogP contribution is 2.38. The summed E-state index contributed by atoms with van der Waals surface area (Å²) in [6.45, 7) is 0. The van der Waals surface area contributed by atoms with E-state index in [-0.39, 0.29) is 0 Å². The molecule has 2 saturated carbocycles. The number of nitrogens with two attached hydrogens (primary N) is 1. The minimum atomic E-state index is 0.545. The molecule has 0 aromatic heterocycles. The fraction of sp³-hybridized carbons (Fsp3) is 1.00. The monoisotopic (exact) mass is 139 g/mol. The van der Waals surface area contributed by atoms with Crippen LogP contribution in [0.25, 0.3) is 0 Å². The van der Waals surface area contributed by atoms with Gasteiger partial charge in [0, 0.05) is 6.04 Å². The Morgan fingerprint density at radius 1 is 0.900 bits per heavy atom. The Morgan fingerprint density at radius 2 is 1.50 bits per heavy atom. The molecule has 2 aliphatic carbocycles. The third-order valence-corrected chi connectivity index (χ3v) is 3.16. The summed E-state index contributed by atoms with van der Waals surface area (Å²) in [4.78, 5) is 0. The molecule has 2 fully saturated rings. The minimum Gasteiger partial charge on any atom is -0.328 e. The predicted octanol–water partition coefficient (Wildman–Crippen LogP) is 1.91. The van der Waals surface area contributed by atoms with E-state index in [2.05, 4.69) is 0 Å². The van der Waals surface area contributed by atoms with E-state index in [9.17, 15) is 0 Å². The van der Waals surface area contributed by atoms with Gasteiger partial charge < -0.3 is 5.73 Å². The van der Waals surface area contributed by atoms with Crippen molar-refractivity contribution in [2.75, 3.05) is 0 Å². The zero-order valence-electron chi connectivity index (χ0n) is 6.55. The fourth-order valence-electron chi connectivity index (χ4n) is 2.78. The average molecular weight is 139 g/mol. The molecule has 1 heteroatoms. The molecule has 0 heterocycles. The Morgan fingerprint density at radius 3 is 2.10 bits per heavy atom. The standard InChI is InChI=1S/C9H17N/c10-9-5-7-2-1-3-8(4-7)6-9/h7-9H,1-6,10H2. The molecular formula is C9H17N. The van der Waals surface area contributed by atoms with Crippen molar-refractivity contribution in [3.8, 4) is 0 Å². The quantitative estimate of drug-likeness (QED) is 0.545. The molecule has 2 unspecified atom stereocenters. The first kappa shape index (κ1) is 6.66. The lowest BCUT2D eigenvalue weighted by Gasteiger charge is -2.37. The summed E-state index contributed by atoms with van der Waals surface area (Å²) in [5.41, 5.74) is 5.93. The van der Waals surface area contributed by atoms with E-state index in [0.717, 1.165) is 11.8 Å². The number of hydrogen-bond acceptors (Lipinski definition) is 1. The van der Waals surface area contributed by atoms with Crippen LogP contribution in [0.2, 0.25) is 0 Å². The van der Waals surface area contributed by atoms with Crippen LogP contribution in [0.1, 0.15) is 38.5 Å². The zero-order valence-corrected chi connectivity index (χ0v) is 6.55. The van der Waals surface area contributed by atoms with Gasteiger partial charge in [0.1, 0.15) is 0 Å². The van der Waals surface area contributed by atoms with Crippen molar-refractivity contribution in [2.24, 2.45) is 17.6 Å². The minimum absolute atomic E-state index is 0.545. The van der Waals surface area contributed by atoms with Gasteiger partial charge in [-0.1, -0.05) is 19.3 Å². The molecule has 1 nitrogen and oxygen atoms in total. The first-order valence-corrected chi connectivity index (χ1v) is 4.60. The molecule has 2 rings (SSSR count). The smallest absolute Gasteiger partial charge is 0.00441 e. The molecule has 0 amide bonds. The summed E-state index contributed by atoms with van der Waals surface area (Å²) in [5, 5.41) is 0. The van der Waals surface area contributed by atoms with Crippen molar-refractivity contribution in [1.82, 2.24) is 0 Å². The van der Waals surface area contributed by atoms with Crippen LogP contribution in [0.5, 0.6) is 0 Å². The molecule has 58 valence electrons. The molecule has 2 bridgehead atoms. The Hall–Kier alpha value is -0.0400. The molecule has 2 atom stereocenters. The van der Waals surface area contributed by atoms with Crippen LogP contribution in [0.4, 0.5) is 0 Å². The van der Waals surface area contributed by atoms with Gasteiger partial charge in [-0.3, -0.25) is 0 Å². The van der Waals surface area contributed by atoms with Crippen molar-refractivity contribution in [3.05, 3.63) is 0 Å². The van der Waals surface area contributed by atoms with Gasteiger partial charge in [0.05, 0.1) is 0 Å². The third-order valence-electron chi connectivity index (χ3n) is 3.16. The lowest BCUT2D eigenvalue weighted by Crippen LogP contribution is -2.35. The zero-order chi connectivity index (χ0) is 6.97. The van der Waals surface area contributed by atoms with E-state index >= 15 is 0 Å². The van der Waals surface area contributed by atoms with Crippen molar-refractivity contribution in [1.29, 1.82) is 0 Å². The second kappa shape index (κ2) is 2.54. The van der Waals surface area contributed by atoms with Gasteiger partial charge >= 0.3 is 0 Å². The van der Waals surface area contributed by atoms with Gasteiger partial charge in [-0.25, -0.2) is 0 Å². The molecule has 0 radical (unpaired) electrons. The highest BCUT2D eigenvalue weighted by molar-refractivity contribution is 4.84. The predicted molar refractivity (Wildman–Crippen MR) is 42.7 cm³/mol. The normalized spacial score (nSPS) is 47.1. The number of fused-ring (bicyclic) bond motifs is 2. The van der Waals surface area contributed by atoms with Crippen molar-refractivity contribution < 1.29 is 0 Å². The summed E-state index contributed by atoms with van der Waals surface area (Å²) in [7, 11) is 0. The first-order valence-electron chi connectivity index (χ1n) is 4.60. The maximum atomic E-state index is 5.93. The van der Waals surface area contributed by atoms with Gasteiger partial charge in [-0.05, 0) is 31.1 Å². The highest BCUT2D eigenvalue weighted by atomic mass is 14.6. The van der Waals surface area contributed by atoms with E-state index in [4.69, 9.17) is 5.73 Å². The Labute approximate surface area is 63.0 Å². The molecule has 2 N–H and O–H groups in total. The maximum absolute atomic E-state index is 5.93.